The molecule has 10 heavy (non-hydrogen) atoms. The van der Waals surface area contributed by atoms with Crippen molar-refractivity contribution in [3.8, 4) is 0 Å². The van der Waals surface area contributed by atoms with E-state index >= 15 is 0 Å². The lowest BCUT2D eigenvalue weighted by Crippen LogP contribution is -1.46. The molecule has 0 heteroatoms. The molecule has 0 aromatic rings. The molecule has 0 rings (SSSR count). The summed E-state index contributed by atoms with van der Waals surface area (Å²) < 4.78 is 0. The van der Waals surface area contributed by atoms with Gasteiger partial charge in [0.05, 0.1) is 0 Å². The third-order valence-electron chi connectivity index (χ3n) is 0.718. The van der Waals surface area contributed by atoms with Crippen LogP contribution in [0, 0.1) is 0 Å². The Kier molecular flexibility index (Phi) is 18.8. The first-order chi connectivity index (χ1) is 4.91. The molecule has 0 aromatic heterocycles. The molecule has 0 aliphatic heterocycles. The molecule has 0 amide bonds. The van der Waals surface area contributed by atoms with Gasteiger partial charge in [-0.05, 0) is 13.8 Å². The Labute approximate surface area is 65.0 Å². The van der Waals surface area contributed by atoms with Gasteiger partial charge in [-0.15, -0.1) is 0 Å². The van der Waals surface area contributed by atoms with E-state index in [0.717, 1.165) is 0 Å². The summed E-state index contributed by atoms with van der Waals surface area (Å²) in [5.74, 6) is 0. The van der Waals surface area contributed by atoms with Crippen LogP contribution in [-0.2, 0) is 0 Å². The molecular weight excluding hydrogens is 120 g/mol. The smallest absolute Gasteiger partial charge is 0.0467 e. The fourth-order valence-corrected chi connectivity index (χ4v) is 0.351. The van der Waals surface area contributed by atoms with E-state index in [4.69, 9.17) is 0 Å². The van der Waals surface area contributed by atoms with Crippen LogP contribution in [0.2, 0.25) is 0 Å². The number of hydrogen-bond acceptors (Lipinski definition) is 0. The minimum absolute atomic E-state index is 2.00. The maximum absolute atomic E-state index is 2.00. The fourth-order valence-electron chi connectivity index (χ4n) is 0.351. The van der Waals surface area contributed by atoms with Crippen LogP contribution >= 0.6 is 0 Å². The minimum Gasteiger partial charge on any atom is -0.0877 e. The quantitative estimate of drug-likeness (QED) is 0.510. The molecule has 0 spiro atoms. The predicted octanol–water partition coefficient (Wildman–Crippen LogP) is 3.72. The van der Waals surface area contributed by atoms with E-state index in [2.05, 4.69) is 0 Å². The van der Waals surface area contributed by atoms with Gasteiger partial charge < -0.3 is 0 Å². The van der Waals surface area contributed by atoms with Crippen molar-refractivity contribution >= 4 is 0 Å². The highest BCUT2D eigenvalue weighted by atomic mass is 13.6. The first kappa shape index (κ1) is 12.0. The van der Waals surface area contributed by atoms with Crippen molar-refractivity contribution in [2.24, 2.45) is 0 Å². The summed E-state index contributed by atoms with van der Waals surface area (Å²) in [6.07, 6.45) is 12.0. The Morgan fingerprint density at radius 3 is 1.10 bits per heavy atom. The largest absolute Gasteiger partial charge is 0.0877 e. The monoisotopic (exact) mass is 138 g/mol. The van der Waals surface area contributed by atoms with Crippen LogP contribution in [0.5, 0.6) is 0 Å². The molecule has 0 N–H and O–H groups in total. The molecule has 0 aromatic carbocycles. The highest BCUT2D eigenvalue weighted by Crippen LogP contribution is 1.77. The Morgan fingerprint density at radius 2 is 0.900 bits per heavy atom. The molecule has 0 fully saturated rings. The molecule has 0 heterocycles. The third-order valence-corrected chi connectivity index (χ3v) is 0.718. The highest BCUT2D eigenvalue weighted by molar-refractivity contribution is 5.09. The highest BCUT2D eigenvalue weighted by Gasteiger charge is 1.55. The molecule has 0 saturated heterocycles. The Balaban J connectivity index is 0. The topological polar surface area (TPSA) is 0 Å². The SMILES string of the molecule is CC.C\C=C/C=C\C=C\C. The van der Waals surface area contributed by atoms with Crippen LogP contribution in [-0.4, -0.2) is 0 Å². The van der Waals surface area contributed by atoms with Gasteiger partial charge in [0.2, 0.25) is 0 Å². The Bertz CT molecular complexity index is 91.2. The van der Waals surface area contributed by atoms with Gasteiger partial charge in [0.15, 0.2) is 0 Å². The lowest BCUT2D eigenvalue weighted by Gasteiger charge is -1.68. The summed E-state index contributed by atoms with van der Waals surface area (Å²) in [7, 11) is 0. The maximum Gasteiger partial charge on any atom is -0.0467 e. The molecule has 0 aliphatic rings. The zero-order chi connectivity index (χ0) is 8.24. The van der Waals surface area contributed by atoms with E-state index in [1.165, 1.54) is 0 Å². The van der Waals surface area contributed by atoms with Gasteiger partial charge in [0.1, 0.15) is 0 Å². The zero-order valence-corrected chi connectivity index (χ0v) is 7.46. The average molecular weight is 138 g/mol. The summed E-state index contributed by atoms with van der Waals surface area (Å²) in [5.41, 5.74) is 0. The molecule has 0 bridgehead atoms. The second-order valence-electron chi connectivity index (χ2n) is 1.44. The summed E-state index contributed by atoms with van der Waals surface area (Å²) in [6, 6.07) is 0. The molecule has 0 saturated carbocycles. The van der Waals surface area contributed by atoms with Gasteiger partial charge in [0, 0.05) is 0 Å². The van der Waals surface area contributed by atoms with Gasteiger partial charge in [-0.25, -0.2) is 0 Å². The van der Waals surface area contributed by atoms with Crippen LogP contribution in [0.4, 0.5) is 0 Å². The molecule has 58 valence electrons. The fraction of sp³-hybridized carbons (Fsp3) is 0.400. The normalized spacial score (nSPS) is 10.8. The Hall–Kier alpha value is -0.780. The van der Waals surface area contributed by atoms with Crippen molar-refractivity contribution in [3.05, 3.63) is 36.5 Å². The minimum atomic E-state index is 2.00. The summed E-state index contributed by atoms with van der Waals surface area (Å²) in [5, 5.41) is 0. The maximum atomic E-state index is 2.00. The van der Waals surface area contributed by atoms with Crippen LogP contribution < -0.4 is 0 Å². The van der Waals surface area contributed by atoms with E-state index in [0.29, 0.717) is 0 Å². The zero-order valence-electron chi connectivity index (χ0n) is 7.46. The van der Waals surface area contributed by atoms with Gasteiger partial charge in [-0.2, -0.15) is 0 Å². The summed E-state index contributed by atoms with van der Waals surface area (Å²) in [6.45, 7) is 8.00. The number of rotatable bonds is 2. The van der Waals surface area contributed by atoms with E-state index in [-0.39, 0.29) is 0 Å². The standard InChI is InChI=1S/C8H12.C2H6/c1-3-5-7-8-6-4-2;1-2/h3-8H,1-2H3;1-2H3/b5-3-,6-4+,8-7-;. The summed E-state index contributed by atoms with van der Waals surface area (Å²) >= 11 is 0. The predicted molar refractivity (Wildman–Crippen MR) is 50.1 cm³/mol. The third kappa shape index (κ3) is 15.7. The van der Waals surface area contributed by atoms with E-state index in [1.807, 2.05) is 64.2 Å². The summed E-state index contributed by atoms with van der Waals surface area (Å²) in [4.78, 5) is 0. The number of allylic oxidation sites excluding steroid dienone is 6. The molecule has 0 aliphatic carbocycles. The van der Waals surface area contributed by atoms with Crippen molar-refractivity contribution in [1.29, 1.82) is 0 Å². The van der Waals surface area contributed by atoms with Crippen LogP contribution in [0.15, 0.2) is 36.5 Å². The lowest BCUT2D eigenvalue weighted by molar-refractivity contribution is 1.50. The molecule has 0 radical (unpaired) electrons. The van der Waals surface area contributed by atoms with Crippen molar-refractivity contribution in [2.75, 3.05) is 0 Å². The van der Waals surface area contributed by atoms with Gasteiger partial charge >= 0.3 is 0 Å². The van der Waals surface area contributed by atoms with Crippen molar-refractivity contribution < 1.29 is 0 Å². The first-order valence-electron chi connectivity index (χ1n) is 3.82. The first-order valence-corrected chi connectivity index (χ1v) is 3.82. The molecule has 0 nitrogen and oxygen atoms in total. The molecule has 0 atom stereocenters. The molecular formula is C10H18. The molecule has 0 unspecified atom stereocenters. The van der Waals surface area contributed by atoms with E-state index in [1.54, 1.807) is 0 Å². The Morgan fingerprint density at radius 1 is 0.600 bits per heavy atom. The number of hydrogen-bond donors (Lipinski definition) is 0. The lowest BCUT2D eigenvalue weighted by atomic mass is 10.4. The average Bonchev–Trinajstić information content (AvgIpc) is 2.02. The van der Waals surface area contributed by atoms with E-state index < -0.39 is 0 Å². The van der Waals surface area contributed by atoms with Gasteiger partial charge in [-0.1, -0.05) is 50.3 Å². The van der Waals surface area contributed by atoms with Gasteiger partial charge in [0.25, 0.3) is 0 Å². The van der Waals surface area contributed by atoms with Crippen LogP contribution in [0.25, 0.3) is 0 Å². The van der Waals surface area contributed by atoms with Crippen molar-refractivity contribution in [2.45, 2.75) is 27.7 Å². The van der Waals surface area contributed by atoms with Crippen molar-refractivity contribution in [3.63, 3.8) is 0 Å². The van der Waals surface area contributed by atoms with Crippen molar-refractivity contribution in [1.82, 2.24) is 0 Å². The van der Waals surface area contributed by atoms with Gasteiger partial charge in [-0.3, -0.25) is 0 Å². The van der Waals surface area contributed by atoms with Crippen LogP contribution in [0.1, 0.15) is 27.7 Å². The second-order valence-corrected chi connectivity index (χ2v) is 1.44. The van der Waals surface area contributed by atoms with Crippen LogP contribution in [0.3, 0.4) is 0 Å². The second kappa shape index (κ2) is 15.7. The van der Waals surface area contributed by atoms with E-state index in [9.17, 15) is 0 Å².